The monoisotopic (exact) mass is 266 g/mol. The standard InChI is InChI=1S/C8H12F6N2O/c9-7(10,11)5(8(12,13)14)6(17)16-4-2-1-3-15/h5H,1-4,15H2,(H,16,17). The molecule has 0 radical (unpaired) electrons. The average molecular weight is 266 g/mol. The van der Waals surface area contributed by atoms with Crippen LogP contribution in [0.3, 0.4) is 0 Å². The molecule has 0 saturated heterocycles. The number of rotatable bonds is 5. The highest BCUT2D eigenvalue weighted by Crippen LogP contribution is 2.39. The lowest BCUT2D eigenvalue weighted by Gasteiger charge is -2.21. The van der Waals surface area contributed by atoms with Gasteiger partial charge in [-0.25, -0.2) is 0 Å². The van der Waals surface area contributed by atoms with Gasteiger partial charge in [0.1, 0.15) is 0 Å². The van der Waals surface area contributed by atoms with Gasteiger partial charge in [-0.3, -0.25) is 4.79 Å². The molecule has 0 aromatic heterocycles. The lowest BCUT2D eigenvalue weighted by Crippen LogP contribution is -2.48. The van der Waals surface area contributed by atoms with Crippen molar-refractivity contribution in [3.8, 4) is 0 Å². The van der Waals surface area contributed by atoms with Crippen LogP contribution in [0.2, 0.25) is 0 Å². The van der Waals surface area contributed by atoms with Crippen molar-refractivity contribution < 1.29 is 31.1 Å². The molecule has 0 spiro atoms. The first kappa shape index (κ1) is 16.0. The van der Waals surface area contributed by atoms with Gasteiger partial charge in [-0.05, 0) is 19.4 Å². The largest absolute Gasteiger partial charge is 0.409 e. The average Bonchev–Trinajstić information content (AvgIpc) is 2.07. The van der Waals surface area contributed by atoms with Crippen molar-refractivity contribution in [2.75, 3.05) is 13.1 Å². The van der Waals surface area contributed by atoms with Gasteiger partial charge in [0, 0.05) is 6.54 Å². The molecule has 0 unspecified atom stereocenters. The van der Waals surface area contributed by atoms with E-state index in [9.17, 15) is 31.1 Å². The highest BCUT2D eigenvalue weighted by molar-refractivity contribution is 5.80. The lowest BCUT2D eigenvalue weighted by molar-refractivity contribution is -0.274. The van der Waals surface area contributed by atoms with E-state index in [1.807, 2.05) is 0 Å². The molecule has 0 atom stereocenters. The Morgan fingerprint density at radius 3 is 1.88 bits per heavy atom. The van der Waals surface area contributed by atoms with Crippen molar-refractivity contribution in [3.63, 3.8) is 0 Å². The molecular weight excluding hydrogens is 254 g/mol. The summed E-state index contributed by atoms with van der Waals surface area (Å²) in [6, 6.07) is 0. The fraction of sp³-hybridized carbons (Fsp3) is 0.875. The normalized spacial score (nSPS) is 12.9. The molecule has 1 amide bonds. The maximum Gasteiger partial charge on any atom is 0.409 e. The predicted molar refractivity (Wildman–Crippen MR) is 46.9 cm³/mol. The van der Waals surface area contributed by atoms with E-state index in [1.54, 1.807) is 5.32 Å². The van der Waals surface area contributed by atoms with Crippen molar-refractivity contribution in [1.82, 2.24) is 5.32 Å². The molecule has 0 saturated carbocycles. The van der Waals surface area contributed by atoms with Crippen molar-refractivity contribution in [1.29, 1.82) is 0 Å². The van der Waals surface area contributed by atoms with Gasteiger partial charge in [0.2, 0.25) is 11.8 Å². The summed E-state index contributed by atoms with van der Waals surface area (Å²) in [6.07, 6.45) is -10.7. The third-order valence-corrected chi connectivity index (χ3v) is 1.85. The lowest BCUT2D eigenvalue weighted by atomic mass is 10.1. The van der Waals surface area contributed by atoms with E-state index in [2.05, 4.69) is 0 Å². The Bertz CT molecular complexity index is 235. The second-order valence-electron chi connectivity index (χ2n) is 3.30. The second kappa shape index (κ2) is 6.08. The predicted octanol–water partition coefficient (Wildman–Crippen LogP) is 1.58. The van der Waals surface area contributed by atoms with Gasteiger partial charge in [0.25, 0.3) is 0 Å². The summed E-state index contributed by atoms with van der Waals surface area (Å²) in [5.74, 6) is -6.06. The number of unbranched alkanes of at least 4 members (excludes halogenated alkanes) is 1. The number of nitrogens with two attached hydrogens (primary N) is 1. The van der Waals surface area contributed by atoms with E-state index in [1.165, 1.54) is 0 Å². The fourth-order valence-electron chi connectivity index (χ4n) is 1.07. The van der Waals surface area contributed by atoms with Crippen LogP contribution in [0.25, 0.3) is 0 Å². The van der Waals surface area contributed by atoms with E-state index in [0.29, 0.717) is 6.42 Å². The molecule has 0 aliphatic heterocycles. The van der Waals surface area contributed by atoms with Gasteiger partial charge < -0.3 is 11.1 Å². The van der Waals surface area contributed by atoms with Gasteiger partial charge in [-0.1, -0.05) is 0 Å². The Hall–Kier alpha value is -0.990. The molecular formula is C8H12F6N2O. The Balaban J connectivity index is 4.47. The number of alkyl halides is 6. The summed E-state index contributed by atoms with van der Waals surface area (Å²) >= 11 is 0. The number of hydrogen-bond donors (Lipinski definition) is 2. The van der Waals surface area contributed by atoms with Crippen LogP contribution < -0.4 is 11.1 Å². The first-order valence-electron chi connectivity index (χ1n) is 4.72. The van der Waals surface area contributed by atoms with Crippen molar-refractivity contribution in [3.05, 3.63) is 0 Å². The maximum absolute atomic E-state index is 12.0. The van der Waals surface area contributed by atoms with Crippen LogP contribution in [-0.4, -0.2) is 31.3 Å². The number of hydrogen-bond acceptors (Lipinski definition) is 2. The summed E-state index contributed by atoms with van der Waals surface area (Å²) in [5.41, 5.74) is 5.07. The number of carbonyl (C=O) groups excluding carboxylic acids is 1. The Labute approximate surface area is 93.3 Å². The second-order valence-corrected chi connectivity index (χ2v) is 3.30. The molecule has 17 heavy (non-hydrogen) atoms. The minimum Gasteiger partial charge on any atom is -0.355 e. The van der Waals surface area contributed by atoms with Gasteiger partial charge in [0.05, 0.1) is 0 Å². The van der Waals surface area contributed by atoms with E-state index in [4.69, 9.17) is 5.73 Å². The van der Waals surface area contributed by atoms with Crippen LogP contribution in [0, 0.1) is 5.92 Å². The van der Waals surface area contributed by atoms with Crippen LogP contribution in [-0.2, 0) is 4.79 Å². The molecule has 0 rings (SSSR count). The van der Waals surface area contributed by atoms with Crippen LogP contribution in [0.5, 0.6) is 0 Å². The van der Waals surface area contributed by atoms with E-state index in [0.717, 1.165) is 0 Å². The first-order chi connectivity index (χ1) is 7.60. The minimum absolute atomic E-state index is 0.227. The van der Waals surface area contributed by atoms with Gasteiger partial charge >= 0.3 is 12.4 Å². The zero-order chi connectivity index (χ0) is 13.7. The van der Waals surface area contributed by atoms with E-state index >= 15 is 0 Å². The maximum atomic E-state index is 12.0. The van der Waals surface area contributed by atoms with Crippen molar-refractivity contribution >= 4 is 5.91 Å². The fourth-order valence-corrected chi connectivity index (χ4v) is 1.07. The van der Waals surface area contributed by atoms with Crippen LogP contribution in [0.4, 0.5) is 26.3 Å². The first-order valence-corrected chi connectivity index (χ1v) is 4.72. The quantitative estimate of drug-likeness (QED) is 0.586. The smallest absolute Gasteiger partial charge is 0.355 e. The zero-order valence-corrected chi connectivity index (χ0v) is 8.66. The summed E-state index contributed by atoms with van der Waals surface area (Å²) in [4.78, 5) is 10.8. The Kier molecular flexibility index (Phi) is 5.73. The Morgan fingerprint density at radius 1 is 1.06 bits per heavy atom. The molecule has 0 aliphatic rings. The summed E-state index contributed by atoms with van der Waals surface area (Å²) in [7, 11) is 0. The molecule has 0 aromatic carbocycles. The molecule has 9 heteroatoms. The SMILES string of the molecule is NCCCCNC(=O)C(C(F)(F)F)C(F)(F)F. The topological polar surface area (TPSA) is 55.1 Å². The molecule has 0 heterocycles. The molecule has 3 N–H and O–H groups in total. The van der Waals surface area contributed by atoms with Crippen LogP contribution in [0.1, 0.15) is 12.8 Å². The third-order valence-electron chi connectivity index (χ3n) is 1.85. The van der Waals surface area contributed by atoms with Gasteiger partial charge in [-0.2, -0.15) is 26.3 Å². The molecule has 3 nitrogen and oxygen atoms in total. The minimum atomic E-state index is -5.64. The van der Waals surface area contributed by atoms with Gasteiger partial charge in [-0.15, -0.1) is 0 Å². The molecule has 0 aliphatic carbocycles. The molecule has 0 fully saturated rings. The molecule has 0 aromatic rings. The number of carbonyl (C=O) groups is 1. The van der Waals surface area contributed by atoms with E-state index < -0.39 is 24.2 Å². The van der Waals surface area contributed by atoms with Crippen LogP contribution in [0.15, 0.2) is 0 Å². The number of amides is 1. The summed E-state index contributed by atoms with van der Waals surface area (Å²) in [6.45, 7) is -0.0173. The third kappa shape index (κ3) is 5.76. The Morgan fingerprint density at radius 2 is 1.53 bits per heavy atom. The summed E-state index contributed by atoms with van der Waals surface area (Å²) < 4.78 is 72.2. The summed E-state index contributed by atoms with van der Waals surface area (Å²) in [5, 5.41) is 1.60. The number of nitrogens with one attached hydrogen (secondary N) is 1. The van der Waals surface area contributed by atoms with E-state index in [-0.39, 0.29) is 19.5 Å². The zero-order valence-electron chi connectivity index (χ0n) is 8.66. The number of halogens is 6. The van der Waals surface area contributed by atoms with Gasteiger partial charge in [0.15, 0.2) is 0 Å². The van der Waals surface area contributed by atoms with Crippen molar-refractivity contribution in [2.24, 2.45) is 11.7 Å². The highest BCUT2D eigenvalue weighted by atomic mass is 19.4. The van der Waals surface area contributed by atoms with Crippen LogP contribution >= 0.6 is 0 Å². The molecule has 102 valence electrons. The highest BCUT2D eigenvalue weighted by Gasteiger charge is 2.60. The molecule has 0 bridgehead atoms. The van der Waals surface area contributed by atoms with Crippen molar-refractivity contribution in [2.45, 2.75) is 25.2 Å².